The first-order valence-electron chi connectivity index (χ1n) is 5.81. The highest BCUT2D eigenvalue weighted by molar-refractivity contribution is 7.61. The summed E-state index contributed by atoms with van der Waals surface area (Å²) in [6, 6.07) is 4.77. The van der Waals surface area contributed by atoms with E-state index in [9.17, 15) is 9.46 Å². The standard InChI is InChI=1S/C13H19O4P/c1-5-11-9-12(18(14,15)16-6-2)7-8-13(11)17-10(3)4/h5,7-10H,1,6H2,2-4H3,(H,14,15). The number of benzene rings is 1. The Morgan fingerprint density at radius 2 is 2.17 bits per heavy atom. The molecule has 1 rings (SSSR count). The topological polar surface area (TPSA) is 55.8 Å². The number of rotatable bonds is 6. The molecular weight excluding hydrogens is 251 g/mol. The summed E-state index contributed by atoms with van der Waals surface area (Å²) < 4.78 is 22.3. The van der Waals surface area contributed by atoms with Crippen molar-refractivity contribution in [1.29, 1.82) is 0 Å². The van der Waals surface area contributed by atoms with E-state index < -0.39 is 7.60 Å². The third kappa shape index (κ3) is 3.70. The highest BCUT2D eigenvalue weighted by Gasteiger charge is 2.22. The molecular formula is C13H19O4P. The zero-order chi connectivity index (χ0) is 13.8. The van der Waals surface area contributed by atoms with E-state index in [4.69, 9.17) is 9.26 Å². The molecule has 4 nitrogen and oxygen atoms in total. The number of ether oxygens (including phenoxy) is 1. The first-order chi connectivity index (χ1) is 8.40. The van der Waals surface area contributed by atoms with Crippen LogP contribution in [-0.2, 0) is 9.09 Å². The second kappa shape index (κ2) is 6.19. The zero-order valence-electron chi connectivity index (χ0n) is 10.9. The summed E-state index contributed by atoms with van der Waals surface area (Å²) in [6.07, 6.45) is 1.62. The van der Waals surface area contributed by atoms with E-state index in [0.29, 0.717) is 11.3 Å². The van der Waals surface area contributed by atoms with E-state index in [1.54, 1.807) is 31.2 Å². The average molecular weight is 270 g/mol. The molecule has 0 aliphatic carbocycles. The van der Waals surface area contributed by atoms with Gasteiger partial charge in [-0.15, -0.1) is 0 Å². The van der Waals surface area contributed by atoms with Gasteiger partial charge in [0, 0.05) is 5.56 Å². The Morgan fingerprint density at radius 3 is 2.67 bits per heavy atom. The largest absolute Gasteiger partial charge is 0.490 e. The van der Waals surface area contributed by atoms with Crippen LogP contribution in [0.3, 0.4) is 0 Å². The fourth-order valence-electron chi connectivity index (χ4n) is 1.48. The van der Waals surface area contributed by atoms with Gasteiger partial charge in [-0.3, -0.25) is 4.57 Å². The second-order valence-corrected chi connectivity index (χ2v) is 5.85. The monoisotopic (exact) mass is 270 g/mol. The first kappa shape index (κ1) is 15.0. The van der Waals surface area contributed by atoms with Crippen molar-refractivity contribution in [2.45, 2.75) is 26.9 Å². The van der Waals surface area contributed by atoms with Crippen molar-refractivity contribution in [3.8, 4) is 5.75 Å². The number of hydrogen-bond acceptors (Lipinski definition) is 3. The van der Waals surface area contributed by atoms with Crippen LogP contribution < -0.4 is 10.0 Å². The molecule has 0 saturated heterocycles. The molecule has 0 aliphatic rings. The fourth-order valence-corrected chi connectivity index (χ4v) is 2.55. The van der Waals surface area contributed by atoms with Crippen LogP contribution in [0.1, 0.15) is 26.3 Å². The molecule has 1 aromatic carbocycles. The van der Waals surface area contributed by atoms with Crippen molar-refractivity contribution in [2.75, 3.05) is 6.61 Å². The fraction of sp³-hybridized carbons (Fsp3) is 0.385. The summed E-state index contributed by atoms with van der Waals surface area (Å²) >= 11 is 0. The Bertz CT molecular complexity index is 468. The summed E-state index contributed by atoms with van der Waals surface area (Å²) in [5.41, 5.74) is 0.676. The Labute approximate surface area is 108 Å². The summed E-state index contributed by atoms with van der Waals surface area (Å²) in [6.45, 7) is 9.36. The lowest BCUT2D eigenvalue weighted by molar-refractivity contribution is 0.242. The van der Waals surface area contributed by atoms with Gasteiger partial charge < -0.3 is 14.2 Å². The molecule has 0 aliphatic heterocycles. The lowest BCUT2D eigenvalue weighted by Crippen LogP contribution is -2.11. The highest BCUT2D eigenvalue weighted by atomic mass is 31.2. The predicted molar refractivity (Wildman–Crippen MR) is 73.4 cm³/mol. The third-order valence-corrected chi connectivity index (χ3v) is 3.75. The lowest BCUT2D eigenvalue weighted by atomic mass is 10.2. The third-order valence-electron chi connectivity index (χ3n) is 2.21. The number of hydrogen-bond donors (Lipinski definition) is 1. The quantitative estimate of drug-likeness (QED) is 0.807. The van der Waals surface area contributed by atoms with Gasteiger partial charge in [0.1, 0.15) is 5.75 Å². The second-order valence-electron chi connectivity index (χ2n) is 4.03. The van der Waals surface area contributed by atoms with Crippen LogP contribution in [0.5, 0.6) is 5.75 Å². The highest BCUT2D eigenvalue weighted by Crippen LogP contribution is 2.41. The average Bonchev–Trinajstić information content (AvgIpc) is 2.28. The molecule has 1 N–H and O–H groups in total. The van der Waals surface area contributed by atoms with E-state index in [1.165, 1.54) is 0 Å². The van der Waals surface area contributed by atoms with Crippen molar-refractivity contribution >= 4 is 19.0 Å². The first-order valence-corrected chi connectivity index (χ1v) is 7.39. The minimum absolute atomic E-state index is 0.0300. The van der Waals surface area contributed by atoms with Gasteiger partial charge >= 0.3 is 7.60 Å². The Hall–Kier alpha value is -1.09. The lowest BCUT2D eigenvalue weighted by Gasteiger charge is -2.15. The van der Waals surface area contributed by atoms with Crippen molar-refractivity contribution in [3.05, 3.63) is 30.3 Å². The van der Waals surface area contributed by atoms with Gasteiger partial charge in [0.25, 0.3) is 0 Å². The molecule has 0 spiro atoms. The van der Waals surface area contributed by atoms with Crippen LogP contribution in [0.25, 0.3) is 6.08 Å². The Kier molecular flexibility index (Phi) is 5.15. The van der Waals surface area contributed by atoms with E-state index in [1.807, 2.05) is 13.8 Å². The van der Waals surface area contributed by atoms with E-state index >= 15 is 0 Å². The van der Waals surface area contributed by atoms with Gasteiger partial charge in [-0.05, 0) is 39.0 Å². The summed E-state index contributed by atoms with van der Waals surface area (Å²) in [7, 11) is -3.74. The summed E-state index contributed by atoms with van der Waals surface area (Å²) in [5.74, 6) is 0.639. The van der Waals surface area contributed by atoms with Gasteiger partial charge in [0.15, 0.2) is 0 Å². The Balaban J connectivity index is 3.13. The van der Waals surface area contributed by atoms with Crippen molar-refractivity contribution in [2.24, 2.45) is 0 Å². The van der Waals surface area contributed by atoms with Crippen molar-refractivity contribution in [3.63, 3.8) is 0 Å². The molecule has 0 fully saturated rings. The maximum Gasteiger partial charge on any atom is 0.358 e. The van der Waals surface area contributed by atoms with Crippen LogP contribution in [0, 0.1) is 0 Å². The molecule has 0 radical (unpaired) electrons. The van der Waals surface area contributed by atoms with Crippen molar-refractivity contribution < 1.29 is 18.7 Å². The summed E-state index contributed by atoms with van der Waals surface area (Å²) in [4.78, 5) is 9.74. The molecule has 0 saturated carbocycles. The summed E-state index contributed by atoms with van der Waals surface area (Å²) in [5, 5.41) is 0.246. The van der Waals surface area contributed by atoms with Crippen molar-refractivity contribution in [1.82, 2.24) is 0 Å². The molecule has 0 amide bonds. The molecule has 0 bridgehead atoms. The minimum Gasteiger partial charge on any atom is -0.490 e. The molecule has 18 heavy (non-hydrogen) atoms. The van der Waals surface area contributed by atoms with Crippen LogP contribution >= 0.6 is 7.60 Å². The van der Waals surface area contributed by atoms with Crippen LogP contribution in [0.4, 0.5) is 0 Å². The molecule has 1 aromatic rings. The van der Waals surface area contributed by atoms with E-state index in [-0.39, 0.29) is 18.0 Å². The van der Waals surface area contributed by atoms with Gasteiger partial charge in [-0.25, -0.2) is 0 Å². The van der Waals surface area contributed by atoms with E-state index in [2.05, 4.69) is 6.58 Å². The maximum atomic E-state index is 11.9. The molecule has 100 valence electrons. The van der Waals surface area contributed by atoms with E-state index in [0.717, 1.165) is 0 Å². The van der Waals surface area contributed by atoms with Gasteiger partial charge in [0.2, 0.25) is 0 Å². The van der Waals surface area contributed by atoms with Gasteiger partial charge in [0.05, 0.1) is 18.0 Å². The zero-order valence-corrected chi connectivity index (χ0v) is 11.8. The Morgan fingerprint density at radius 1 is 1.50 bits per heavy atom. The maximum absolute atomic E-state index is 11.9. The normalized spacial score (nSPS) is 14.3. The molecule has 0 aromatic heterocycles. The molecule has 1 atom stereocenters. The van der Waals surface area contributed by atoms with Crippen LogP contribution in [0.2, 0.25) is 0 Å². The molecule has 1 unspecified atom stereocenters. The van der Waals surface area contributed by atoms with Gasteiger partial charge in [-0.2, -0.15) is 0 Å². The van der Waals surface area contributed by atoms with Crippen LogP contribution in [0.15, 0.2) is 24.8 Å². The smallest absolute Gasteiger partial charge is 0.358 e. The molecule has 5 heteroatoms. The predicted octanol–water partition coefficient (Wildman–Crippen LogP) is 2.96. The SMILES string of the molecule is C=Cc1cc(P(=O)(O)OCC)ccc1OC(C)C. The molecule has 0 heterocycles. The minimum atomic E-state index is -3.74. The van der Waals surface area contributed by atoms with Gasteiger partial charge in [-0.1, -0.05) is 12.7 Å². The van der Waals surface area contributed by atoms with Crippen LogP contribution in [-0.4, -0.2) is 17.6 Å².